The maximum atomic E-state index is 11.8. The first kappa shape index (κ1) is 16.5. The van der Waals surface area contributed by atoms with Crippen LogP contribution in [0.25, 0.3) is 0 Å². The fourth-order valence-electron chi connectivity index (χ4n) is 1.69. The number of aliphatic hydroxyl groups is 1. The first-order valence-corrected chi connectivity index (χ1v) is 6.80. The van der Waals surface area contributed by atoms with Crippen molar-refractivity contribution in [1.82, 2.24) is 5.32 Å². The van der Waals surface area contributed by atoms with Gasteiger partial charge in [0.1, 0.15) is 0 Å². The Hall–Kier alpha value is -1.59. The second-order valence-electron chi connectivity index (χ2n) is 4.77. The number of halogens is 1. The standard InChI is InChI=1S/C14H19ClN2O3/c1-9(2)11(7-8-18)16-13(19)14(20)17-12-6-4-3-5-10(12)15/h3-6,9,11,18H,7-8H2,1-2H3,(H,16,19)(H,17,20). The van der Waals surface area contributed by atoms with Crippen LogP contribution in [0.4, 0.5) is 5.69 Å². The quantitative estimate of drug-likeness (QED) is 0.725. The van der Waals surface area contributed by atoms with Gasteiger partial charge in [0.2, 0.25) is 0 Å². The van der Waals surface area contributed by atoms with Crippen LogP contribution >= 0.6 is 11.6 Å². The molecule has 0 fully saturated rings. The zero-order valence-corrected chi connectivity index (χ0v) is 12.3. The van der Waals surface area contributed by atoms with E-state index in [2.05, 4.69) is 10.6 Å². The molecule has 20 heavy (non-hydrogen) atoms. The predicted molar refractivity (Wildman–Crippen MR) is 78.6 cm³/mol. The second kappa shape index (κ2) is 7.87. The summed E-state index contributed by atoms with van der Waals surface area (Å²) in [5, 5.41) is 14.4. The van der Waals surface area contributed by atoms with E-state index in [1.807, 2.05) is 13.8 Å². The number of aliphatic hydroxyl groups excluding tert-OH is 1. The number of anilines is 1. The van der Waals surface area contributed by atoms with Gasteiger partial charge in [-0.1, -0.05) is 37.6 Å². The highest BCUT2D eigenvalue weighted by atomic mass is 35.5. The molecule has 0 saturated carbocycles. The van der Waals surface area contributed by atoms with Crippen LogP contribution < -0.4 is 10.6 Å². The average Bonchev–Trinajstić information content (AvgIpc) is 2.40. The zero-order valence-electron chi connectivity index (χ0n) is 11.5. The molecular weight excluding hydrogens is 280 g/mol. The van der Waals surface area contributed by atoms with E-state index in [9.17, 15) is 9.59 Å². The number of para-hydroxylation sites is 1. The van der Waals surface area contributed by atoms with Gasteiger partial charge in [0, 0.05) is 12.6 Å². The lowest BCUT2D eigenvalue weighted by Gasteiger charge is -2.21. The molecule has 6 heteroatoms. The lowest BCUT2D eigenvalue weighted by molar-refractivity contribution is -0.136. The van der Waals surface area contributed by atoms with Gasteiger partial charge in [0.25, 0.3) is 0 Å². The summed E-state index contributed by atoms with van der Waals surface area (Å²) in [6.07, 6.45) is 0.406. The van der Waals surface area contributed by atoms with Gasteiger partial charge in [0.15, 0.2) is 0 Å². The van der Waals surface area contributed by atoms with Crippen molar-refractivity contribution in [3.63, 3.8) is 0 Å². The van der Waals surface area contributed by atoms with Gasteiger partial charge in [-0.15, -0.1) is 0 Å². The predicted octanol–water partition coefficient (Wildman–Crippen LogP) is 1.80. The molecule has 3 N–H and O–H groups in total. The molecular formula is C14H19ClN2O3. The van der Waals surface area contributed by atoms with Crippen LogP contribution in [0, 0.1) is 5.92 Å². The molecule has 0 saturated heterocycles. The van der Waals surface area contributed by atoms with Gasteiger partial charge >= 0.3 is 11.8 Å². The number of nitrogens with one attached hydrogen (secondary N) is 2. The van der Waals surface area contributed by atoms with E-state index in [1.54, 1.807) is 24.3 Å². The Kier molecular flexibility index (Phi) is 6.48. The van der Waals surface area contributed by atoms with Crippen LogP contribution in [0.5, 0.6) is 0 Å². The fourth-order valence-corrected chi connectivity index (χ4v) is 1.87. The molecule has 1 rings (SSSR count). The van der Waals surface area contributed by atoms with Gasteiger partial charge in [0.05, 0.1) is 10.7 Å². The van der Waals surface area contributed by atoms with E-state index in [0.29, 0.717) is 17.1 Å². The summed E-state index contributed by atoms with van der Waals surface area (Å²) in [5.41, 5.74) is 0.387. The fraction of sp³-hybridized carbons (Fsp3) is 0.429. The molecule has 1 atom stereocenters. The number of benzene rings is 1. The van der Waals surface area contributed by atoms with Crippen LogP contribution in [-0.4, -0.2) is 29.6 Å². The van der Waals surface area contributed by atoms with Crippen molar-refractivity contribution in [3.05, 3.63) is 29.3 Å². The number of carbonyl (C=O) groups excluding carboxylic acids is 2. The van der Waals surface area contributed by atoms with Crippen molar-refractivity contribution in [2.24, 2.45) is 5.92 Å². The number of amides is 2. The molecule has 1 aromatic rings. The minimum atomic E-state index is -0.776. The molecule has 0 bridgehead atoms. The van der Waals surface area contributed by atoms with Gasteiger partial charge in [-0.25, -0.2) is 0 Å². The monoisotopic (exact) mass is 298 g/mol. The largest absolute Gasteiger partial charge is 0.396 e. The van der Waals surface area contributed by atoms with Crippen LogP contribution in [0.3, 0.4) is 0 Å². The van der Waals surface area contributed by atoms with Crippen LogP contribution in [-0.2, 0) is 9.59 Å². The Labute approximate surface area is 123 Å². The highest BCUT2D eigenvalue weighted by Gasteiger charge is 2.21. The number of carbonyl (C=O) groups is 2. The molecule has 0 radical (unpaired) electrons. The molecule has 0 spiro atoms. The van der Waals surface area contributed by atoms with Crippen molar-refractivity contribution in [2.75, 3.05) is 11.9 Å². The van der Waals surface area contributed by atoms with E-state index in [1.165, 1.54) is 0 Å². The Bertz CT molecular complexity index is 477. The van der Waals surface area contributed by atoms with Gasteiger partial charge in [-0.3, -0.25) is 9.59 Å². The summed E-state index contributed by atoms with van der Waals surface area (Å²) in [7, 11) is 0. The third-order valence-electron chi connectivity index (χ3n) is 2.89. The molecule has 0 heterocycles. The minimum absolute atomic E-state index is 0.0464. The molecule has 5 nitrogen and oxygen atoms in total. The molecule has 1 unspecified atom stereocenters. The van der Waals surface area contributed by atoms with E-state index < -0.39 is 11.8 Å². The smallest absolute Gasteiger partial charge is 0.313 e. The SMILES string of the molecule is CC(C)C(CCO)NC(=O)C(=O)Nc1ccccc1Cl. The Morgan fingerprint density at radius 1 is 1.25 bits per heavy atom. The van der Waals surface area contributed by atoms with Crippen molar-refractivity contribution in [3.8, 4) is 0 Å². The van der Waals surface area contributed by atoms with Gasteiger partial charge in [-0.2, -0.15) is 0 Å². The molecule has 110 valence electrons. The summed E-state index contributed by atoms with van der Waals surface area (Å²) in [6.45, 7) is 3.77. The maximum Gasteiger partial charge on any atom is 0.313 e. The van der Waals surface area contributed by atoms with E-state index >= 15 is 0 Å². The summed E-state index contributed by atoms with van der Waals surface area (Å²) < 4.78 is 0. The average molecular weight is 299 g/mol. The molecule has 0 aliphatic rings. The highest BCUT2D eigenvalue weighted by molar-refractivity contribution is 6.41. The molecule has 1 aromatic carbocycles. The number of hydrogen-bond acceptors (Lipinski definition) is 3. The highest BCUT2D eigenvalue weighted by Crippen LogP contribution is 2.20. The van der Waals surface area contributed by atoms with Gasteiger partial charge in [-0.05, 0) is 24.5 Å². The van der Waals surface area contributed by atoms with Crippen molar-refractivity contribution in [2.45, 2.75) is 26.3 Å². The van der Waals surface area contributed by atoms with E-state index in [0.717, 1.165) is 0 Å². The third-order valence-corrected chi connectivity index (χ3v) is 3.22. The first-order chi connectivity index (χ1) is 9.45. The second-order valence-corrected chi connectivity index (χ2v) is 5.18. The lowest BCUT2D eigenvalue weighted by atomic mass is 10.0. The molecule has 0 aromatic heterocycles. The van der Waals surface area contributed by atoms with Crippen molar-refractivity contribution >= 4 is 29.1 Å². The normalized spacial score (nSPS) is 12.1. The summed E-state index contributed by atoms with van der Waals surface area (Å²) in [5.74, 6) is -1.39. The molecule has 2 amide bonds. The topological polar surface area (TPSA) is 78.4 Å². The van der Waals surface area contributed by atoms with Crippen LogP contribution in [0.2, 0.25) is 5.02 Å². The Balaban J connectivity index is 2.63. The zero-order chi connectivity index (χ0) is 15.1. The van der Waals surface area contributed by atoms with Gasteiger partial charge < -0.3 is 15.7 Å². The van der Waals surface area contributed by atoms with E-state index in [4.69, 9.17) is 16.7 Å². The molecule has 0 aliphatic carbocycles. The number of hydrogen-bond donors (Lipinski definition) is 3. The van der Waals surface area contributed by atoms with Crippen molar-refractivity contribution < 1.29 is 14.7 Å². The summed E-state index contributed by atoms with van der Waals surface area (Å²) >= 11 is 5.90. The minimum Gasteiger partial charge on any atom is -0.396 e. The number of rotatable bonds is 5. The van der Waals surface area contributed by atoms with Crippen LogP contribution in [0.1, 0.15) is 20.3 Å². The van der Waals surface area contributed by atoms with Crippen LogP contribution in [0.15, 0.2) is 24.3 Å². The Morgan fingerprint density at radius 2 is 1.90 bits per heavy atom. The molecule has 0 aliphatic heterocycles. The maximum absolute atomic E-state index is 11.8. The lowest BCUT2D eigenvalue weighted by Crippen LogP contribution is -2.44. The van der Waals surface area contributed by atoms with E-state index in [-0.39, 0.29) is 18.6 Å². The summed E-state index contributed by atoms with van der Waals surface area (Å²) in [4.78, 5) is 23.6. The van der Waals surface area contributed by atoms with Crippen molar-refractivity contribution in [1.29, 1.82) is 0 Å². The third kappa shape index (κ3) is 4.83. The first-order valence-electron chi connectivity index (χ1n) is 6.43. The summed E-state index contributed by atoms with van der Waals surface area (Å²) in [6, 6.07) is 6.43. The Morgan fingerprint density at radius 3 is 2.45 bits per heavy atom.